The number of hydrogen-bond donors (Lipinski definition) is 2. The summed E-state index contributed by atoms with van der Waals surface area (Å²) < 4.78 is 21.7. The van der Waals surface area contributed by atoms with Gasteiger partial charge in [0, 0.05) is 10.9 Å². The maximum atomic E-state index is 13.6. The molecule has 1 aromatic heterocycles. The molecule has 0 bridgehead atoms. The van der Waals surface area contributed by atoms with E-state index in [1.54, 1.807) is 0 Å². The van der Waals surface area contributed by atoms with Crippen molar-refractivity contribution in [3.63, 3.8) is 0 Å². The number of anilines is 1. The summed E-state index contributed by atoms with van der Waals surface area (Å²) in [4.78, 5) is 0. The second kappa shape index (κ2) is 7.22. The highest BCUT2D eigenvalue weighted by atomic mass is 28.4. The SMILES string of the molecule is CC(C)(C)[Si](C)(C)OCCn1nc(N)c2ccc(-c3cc(F)ccc3O)cc21. The highest BCUT2D eigenvalue weighted by molar-refractivity contribution is 6.74. The third kappa shape index (κ3) is 3.91. The first-order valence-corrected chi connectivity index (χ1v) is 12.3. The molecule has 0 amide bonds. The number of aromatic hydroxyl groups is 1. The van der Waals surface area contributed by atoms with Crippen molar-refractivity contribution in [3.05, 3.63) is 42.2 Å². The second-order valence-corrected chi connectivity index (χ2v) is 13.4. The molecule has 0 aliphatic heterocycles. The summed E-state index contributed by atoms with van der Waals surface area (Å²) in [6.07, 6.45) is 0. The van der Waals surface area contributed by atoms with E-state index in [9.17, 15) is 9.50 Å². The van der Waals surface area contributed by atoms with Crippen LogP contribution in [0.25, 0.3) is 22.0 Å². The van der Waals surface area contributed by atoms with Crippen LogP contribution in [-0.4, -0.2) is 29.8 Å². The lowest BCUT2D eigenvalue weighted by atomic mass is 10.0. The number of nitrogens with two attached hydrogens (primary N) is 1. The fourth-order valence-electron chi connectivity index (χ4n) is 2.88. The maximum Gasteiger partial charge on any atom is 0.192 e. The number of phenols is 1. The van der Waals surface area contributed by atoms with Gasteiger partial charge in [-0.05, 0) is 54.0 Å². The number of phenolic OH excluding ortho intramolecular Hbond substituents is 1. The summed E-state index contributed by atoms with van der Waals surface area (Å²) in [5, 5.41) is 15.5. The molecule has 0 aliphatic carbocycles. The predicted molar refractivity (Wildman–Crippen MR) is 114 cm³/mol. The van der Waals surface area contributed by atoms with E-state index < -0.39 is 14.1 Å². The molecule has 0 unspecified atom stereocenters. The molecule has 0 atom stereocenters. The van der Waals surface area contributed by atoms with Crippen molar-refractivity contribution < 1.29 is 13.9 Å². The molecule has 1 heterocycles. The third-order valence-corrected chi connectivity index (χ3v) is 10.2. The Morgan fingerprint density at radius 1 is 1.18 bits per heavy atom. The average Bonchev–Trinajstić information content (AvgIpc) is 2.91. The van der Waals surface area contributed by atoms with Gasteiger partial charge in [-0.25, -0.2) is 4.39 Å². The van der Waals surface area contributed by atoms with E-state index in [0.717, 1.165) is 10.9 Å². The highest BCUT2D eigenvalue weighted by Crippen LogP contribution is 2.37. The van der Waals surface area contributed by atoms with Crippen LogP contribution in [0.15, 0.2) is 36.4 Å². The molecule has 2 aromatic carbocycles. The number of aromatic nitrogens is 2. The van der Waals surface area contributed by atoms with Crippen molar-refractivity contribution in [2.24, 2.45) is 0 Å². The molecule has 150 valence electrons. The number of benzene rings is 2. The van der Waals surface area contributed by atoms with Crippen LogP contribution in [0.2, 0.25) is 18.1 Å². The minimum Gasteiger partial charge on any atom is -0.507 e. The Morgan fingerprint density at radius 2 is 1.89 bits per heavy atom. The normalized spacial score (nSPS) is 12.6. The molecule has 0 fully saturated rings. The first-order chi connectivity index (χ1) is 13.0. The summed E-state index contributed by atoms with van der Waals surface area (Å²) in [7, 11) is -1.84. The van der Waals surface area contributed by atoms with Crippen molar-refractivity contribution in [2.75, 3.05) is 12.3 Å². The number of nitrogen functional groups attached to an aromatic ring is 1. The van der Waals surface area contributed by atoms with Gasteiger partial charge in [-0.15, -0.1) is 0 Å². The van der Waals surface area contributed by atoms with Crippen LogP contribution in [0.3, 0.4) is 0 Å². The molecule has 0 radical (unpaired) electrons. The molecule has 7 heteroatoms. The van der Waals surface area contributed by atoms with Gasteiger partial charge in [0.05, 0.1) is 18.7 Å². The Hall–Kier alpha value is -2.38. The number of nitrogens with zero attached hydrogens (tertiary/aromatic N) is 2. The molecule has 3 N–H and O–H groups in total. The van der Waals surface area contributed by atoms with Crippen LogP contribution in [0.4, 0.5) is 10.2 Å². The molecule has 28 heavy (non-hydrogen) atoms. The van der Waals surface area contributed by atoms with E-state index in [0.29, 0.717) is 30.1 Å². The molecular formula is C21H28FN3O2Si. The Labute approximate surface area is 166 Å². The molecule has 0 aliphatic rings. The van der Waals surface area contributed by atoms with Gasteiger partial charge in [0.15, 0.2) is 14.1 Å². The first kappa shape index (κ1) is 20.4. The van der Waals surface area contributed by atoms with Crippen LogP contribution in [0.1, 0.15) is 20.8 Å². The smallest absolute Gasteiger partial charge is 0.192 e. The molecular weight excluding hydrogens is 373 g/mol. The van der Waals surface area contributed by atoms with Gasteiger partial charge >= 0.3 is 0 Å². The lowest BCUT2D eigenvalue weighted by molar-refractivity contribution is 0.268. The minimum absolute atomic E-state index is 0.0287. The summed E-state index contributed by atoms with van der Waals surface area (Å²) in [5.74, 6) is 0.0714. The molecule has 0 spiro atoms. The zero-order valence-corrected chi connectivity index (χ0v) is 18.1. The van der Waals surface area contributed by atoms with Gasteiger partial charge in [-0.1, -0.05) is 26.8 Å². The van der Waals surface area contributed by atoms with Crippen LogP contribution in [0.5, 0.6) is 5.75 Å². The first-order valence-electron chi connectivity index (χ1n) is 9.38. The summed E-state index contributed by atoms with van der Waals surface area (Å²) in [6, 6.07) is 9.44. The molecule has 5 nitrogen and oxygen atoms in total. The molecule has 0 saturated heterocycles. The van der Waals surface area contributed by atoms with Crippen molar-refractivity contribution in [2.45, 2.75) is 45.4 Å². The van der Waals surface area contributed by atoms with E-state index in [-0.39, 0.29) is 10.8 Å². The van der Waals surface area contributed by atoms with Crippen molar-refractivity contribution in [1.29, 1.82) is 0 Å². The Bertz CT molecular complexity index is 1010. The number of fused-ring (bicyclic) bond motifs is 1. The van der Waals surface area contributed by atoms with Gasteiger partial charge in [0.25, 0.3) is 0 Å². The van der Waals surface area contributed by atoms with Crippen LogP contribution < -0.4 is 5.73 Å². The van der Waals surface area contributed by atoms with Gasteiger partial charge < -0.3 is 15.3 Å². The van der Waals surface area contributed by atoms with Gasteiger partial charge in [0.2, 0.25) is 0 Å². The average molecular weight is 402 g/mol. The highest BCUT2D eigenvalue weighted by Gasteiger charge is 2.36. The van der Waals surface area contributed by atoms with Gasteiger partial charge in [-0.2, -0.15) is 5.10 Å². The topological polar surface area (TPSA) is 73.3 Å². The zero-order chi connectivity index (χ0) is 20.7. The van der Waals surface area contributed by atoms with E-state index in [2.05, 4.69) is 39.0 Å². The molecule has 3 aromatic rings. The molecule has 0 saturated carbocycles. The predicted octanol–water partition coefficient (Wildman–Crippen LogP) is 5.15. The fourth-order valence-corrected chi connectivity index (χ4v) is 3.92. The third-order valence-electron chi connectivity index (χ3n) is 5.62. The van der Waals surface area contributed by atoms with E-state index in [1.807, 2.05) is 22.9 Å². The minimum atomic E-state index is -1.84. The van der Waals surface area contributed by atoms with Crippen LogP contribution in [-0.2, 0) is 11.0 Å². The summed E-state index contributed by atoms with van der Waals surface area (Å²) >= 11 is 0. The van der Waals surface area contributed by atoms with Gasteiger partial charge in [0.1, 0.15) is 11.6 Å². The van der Waals surface area contributed by atoms with E-state index in [4.69, 9.17) is 10.2 Å². The lowest BCUT2D eigenvalue weighted by Crippen LogP contribution is -2.41. The lowest BCUT2D eigenvalue weighted by Gasteiger charge is -2.36. The number of hydrogen-bond acceptors (Lipinski definition) is 4. The Balaban J connectivity index is 1.91. The van der Waals surface area contributed by atoms with Crippen molar-refractivity contribution >= 4 is 25.0 Å². The van der Waals surface area contributed by atoms with Gasteiger partial charge in [-0.3, -0.25) is 4.68 Å². The largest absolute Gasteiger partial charge is 0.507 e. The monoisotopic (exact) mass is 401 g/mol. The van der Waals surface area contributed by atoms with Crippen molar-refractivity contribution in [1.82, 2.24) is 9.78 Å². The summed E-state index contributed by atoms with van der Waals surface area (Å²) in [6.45, 7) is 12.2. The quantitative estimate of drug-likeness (QED) is 0.580. The van der Waals surface area contributed by atoms with E-state index in [1.165, 1.54) is 18.2 Å². The zero-order valence-electron chi connectivity index (χ0n) is 17.1. The maximum absolute atomic E-state index is 13.6. The summed E-state index contributed by atoms with van der Waals surface area (Å²) in [5.41, 5.74) is 8.04. The number of rotatable bonds is 5. The fraction of sp³-hybridized carbons (Fsp3) is 0.381. The van der Waals surface area contributed by atoms with Crippen LogP contribution >= 0.6 is 0 Å². The van der Waals surface area contributed by atoms with E-state index >= 15 is 0 Å². The standard InChI is InChI=1S/C21H28FN3O2Si/c1-21(2,3)28(4,5)27-11-10-25-18-12-14(6-8-16(18)20(23)24-25)17-13-15(22)7-9-19(17)26/h6-9,12-13,26H,10-11H2,1-5H3,(H2,23,24). The Kier molecular flexibility index (Phi) is 5.25. The van der Waals surface area contributed by atoms with Crippen LogP contribution in [0, 0.1) is 5.82 Å². The Morgan fingerprint density at radius 3 is 2.57 bits per heavy atom. The second-order valence-electron chi connectivity index (χ2n) is 8.61. The number of halogens is 1. The van der Waals surface area contributed by atoms with Crippen molar-refractivity contribution in [3.8, 4) is 16.9 Å². The molecule has 3 rings (SSSR count).